The molecule has 14 nitrogen and oxygen atoms in total. The summed E-state index contributed by atoms with van der Waals surface area (Å²) in [5, 5.41) is 48.4. The van der Waals surface area contributed by atoms with E-state index in [0.717, 1.165) is 0 Å². The molecule has 0 spiro atoms. The molecule has 3 fully saturated rings. The van der Waals surface area contributed by atoms with E-state index in [2.05, 4.69) is 5.32 Å². The van der Waals surface area contributed by atoms with Gasteiger partial charge >= 0.3 is 5.97 Å². The summed E-state index contributed by atoms with van der Waals surface area (Å²) in [5.74, 6) is -4.47. The van der Waals surface area contributed by atoms with Crippen LogP contribution >= 0.6 is 0 Å². The minimum atomic E-state index is -1.96. The smallest absolute Gasteiger partial charge is 0.311 e. The molecule has 0 saturated carbocycles. The summed E-state index contributed by atoms with van der Waals surface area (Å²) < 4.78 is 43.7. The van der Waals surface area contributed by atoms with E-state index in [4.69, 9.17) is 33.2 Å². The third kappa shape index (κ3) is 9.33. The maximum Gasteiger partial charge on any atom is 0.311 e. The molecular weight excluding hydrogens is 666 g/mol. The van der Waals surface area contributed by atoms with Crippen LogP contribution in [0.4, 0.5) is 0 Å². The van der Waals surface area contributed by atoms with Crippen molar-refractivity contribution in [3.63, 3.8) is 0 Å². The van der Waals surface area contributed by atoms with Gasteiger partial charge in [0.15, 0.2) is 12.6 Å². The van der Waals surface area contributed by atoms with Gasteiger partial charge in [0.05, 0.1) is 47.6 Å². The number of carbonyl (C=O) groups is 2. The highest BCUT2D eigenvalue weighted by Gasteiger charge is 2.54. The zero-order valence-corrected chi connectivity index (χ0v) is 33.0. The monoisotopic (exact) mass is 733 g/mol. The third-order valence-corrected chi connectivity index (χ3v) is 12.0. The molecule has 0 bridgehead atoms. The number of cyclic esters (lactones) is 1. The Kier molecular flexibility index (Phi) is 15.1. The average molecular weight is 734 g/mol. The molecule has 3 aliphatic rings. The minimum absolute atomic E-state index is 0.109. The number of rotatable bonds is 8. The lowest BCUT2D eigenvalue weighted by atomic mass is 9.74. The Bertz CT molecular complexity index is 1160. The van der Waals surface area contributed by atoms with Gasteiger partial charge in [0.25, 0.3) is 0 Å². The lowest BCUT2D eigenvalue weighted by Gasteiger charge is -2.49. The van der Waals surface area contributed by atoms with Crippen LogP contribution < -0.4 is 5.32 Å². The van der Waals surface area contributed by atoms with Gasteiger partial charge in [0.1, 0.15) is 29.7 Å². The van der Waals surface area contributed by atoms with Gasteiger partial charge in [-0.1, -0.05) is 27.7 Å². The Balaban J connectivity index is 2.21. The minimum Gasteiger partial charge on any atom is -0.459 e. The molecule has 3 aliphatic heterocycles. The molecule has 298 valence electrons. The highest BCUT2D eigenvalue weighted by molar-refractivity contribution is 5.83. The molecule has 0 amide bonds. The van der Waals surface area contributed by atoms with Crippen LogP contribution in [-0.2, 0) is 42.7 Å². The number of methoxy groups -OCH3 is 2. The first-order chi connectivity index (χ1) is 23.6. The van der Waals surface area contributed by atoms with Crippen molar-refractivity contribution in [2.75, 3.05) is 21.3 Å². The van der Waals surface area contributed by atoms with E-state index in [1.54, 1.807) is 55.5 Å². The van der Waals surface area contributed by atoms with Crippen LogP contribution in [-0.4, -0.2) is 138 Å². The topological polar surface area (TPSA) is 192 Å². The molecule has 3 rings (SSSR count). The molecule has 0 radical (unpaired) electrons. The molecular formula is C37H67NO13. The van der Waals surface area contributed by atoms with Crippen molar-refractivity contribution in [3.8, 4) is 0 Å². The third-order valence-electron chi connectivity index (χ3n) is 12.0. The molecule has 18 atom stereocenters. The number of aliphatic hydroxyl groups is 4. The van der Waals surface area contributed by atoms with Gasteiger partial charge in [-0.05, 0) is 67.9 Å². The van der Waals surface area contributed by atoms with Crippen molar-refractivity contribution >= 4 is 11.8 Å². The second-order valence-corrected chi connectivity index (χ2v) is 16.0. The number of ketones is 1. The second kappa shape index (κ2) is 17.4. The summed E-state index contributed by atoms with van der Waals surface area (Å²) >= 11 is 0. The number of nitrogens with one attached hydrogen (secondary N) is 1. The normalized spacial score (nSPS) is 49.6. The molecule has 0 aromatic carbocycles. The number of likely N-dealkylation sites (N-methyl/N-ethyl adjacent to an activating group) is 1. The summed E-state index contributed by atoms with van der Waals surface area (Å²) in [6.45, 7) is 17.0. The average Bonchev–Trinajstić information content (AvgIpc) is 3.09. The molecule has 3 heterocycles. The van der Waals surface area contributed by atoms with Crippen molar-refractivity contribution in [3.05, 3.63) is 0 Å². The van der Waals surface area contributed by atoms with E-state index in [1.807, 2.05) is 13.8 Å². The predicted molar refractivity (Wildman–Crippen MR) is 186 cm³/mol. The van der Waals surface area contributed by atoms with Crippen molar-refractivity contribution in [1.29, 1.82) is 0 Å². The van der Waals surface area contributed by atoms with E-state index in [0.29, 0.717) is 6.42 Å². The Morgan fingerprint density at radius 3 is 2.02 bits per heavy atom. The summed E-state index contributed by atoms with van der Waals surface area (Å²) in [4.78, 5) is 28.1. The van der Waals surface area contributed by atoms with E-state index < -0.39 is 102 Å². The van der Waals surface area contributed by atoms with Crippen LogP contribution in [0.5, 0.6) is 0 Å². The maximum absolute atomic E-state index is 14.1. The summed E-state index contributed by atoms with van der Waals surface area (Å²) in [5.41, 5.74) is -4.24. The lowest BCUT2D eigenvalue weighted by molar-refractivity contribution is -0.317. The fraction of sp³-hybridized carbons (Fsp3) is 0.946. The predicted octanol–water partition coefficient (Wildman–Crippen LogP) is 2.10. The van der Waals surface area contributed by atoms with Gasteiger partial charge < -0.3 is 58.9 Å². The number of aliphatic hydroxyl groups excluding tert-OH is 3. The number of carbonyl (C=O) groups excluding carboxylic acids is 2. The van der Waals surface area contributed by atoms with E-state index >= 15 is 0 Å². The standard InChI is InChI=1S/C37H67NO13/c1-14-25-37(10,44)30(41)20(4)27(39)18(2)16-36(9,46-13)32(51-34-28(40)24(38-11)15-19(3)47-34)21(5)29(22(6)33(43)49-25)50-26-17-35(8,45-12)31(42)23(7)48-26/h18-26,28-32,34,38,40-42,44H,14-17H2,1-13H3/t18-,19+,20+,21?,22-,23-,24-,25-,26-,28+,29-,30-,31-,32+,34-,35+,36+,37-/m1/s1. The highest BCUT2D eigenvalue weighted by atomic mass is 16.7. The number of esters is 1. The van der Waals surface area contributed by atoms with Crippen LogP contribution in [0.3, 0.4) is 0 Å². The van der Waals surface area contributed by atoms with Crippen molar-refractivity contribution in [2.24, 2.45) is 23.7 Å². The maximum atomic E-state index is 14.1. The van der Waals surface area contributed by atoms with Crippen LogP contribution in [0.1, 0.15) is 94.9 Å². The molecule has 14 heteroatoms. The molecule has 0 aromatic rings. The number of ether oxygens (including phenoxy) is 7. The summed E-state index contributed by atoms with van der Waals surface area (Å²) in [6, 6.07) is -0.334. The van der Waals surface area contributed by atoms with Gasteiger partial charge in [-0.15, -0.1) is 0 Å². The molecule has 5 N–H and O–H groups in total. The molecule has 0 aromatic heterocycles. The quantitative estimate of drug-likeness (QED) is 0.228. The Morgan fingerprint density at radius 2 is 1.47 bits per heavy atom. The fourth-order valence-electron chi connectivity index (χ4n) is 8.38. The number of Topliss-reactive ketones (excluding diaryl/α,β-unsaturated/α-hetero) is 1. The largest absolute Gasteiger partial charge is 0.459 e. The van der Waals surface area contributed by atoms with Gasteiger partial charge in [-0.3, -0.25) is 9.59 Å². The zero-order valence-electron chi connectivity index (χ0n) is 33.0. The highest BCUT2D eigenvalue weighted by Crippen LogP contribution is 2.41. The Labute approximate surface area is 304 Å². The number of hydrogen-bond acceptors (Lipinski definition) is 14. The fourth-order valence-corrected chi connectivity index (χ4v) is 8.38. The molecule has 3 saturated heterocycles. The SMILES string of the molecule is CC[C@H]1OC(=O)[C@H](C)[C@H](O[C@@H]2C[C@](C)(OC)[C@H](O)[C@@H](C)O2)C(C)[C@H](O[C@H]2O[C@@H](C)C[C@@H](NC)[C@@H]2O)[C@@](C)(OC)C[C@@H](C)C(=O)[C@H](C)[C@@H](O)[C@]1(C)O. The lowest BCUT2D eigenvalue weighted by Crippen LogP contribution is -2.61. The Morgan fingerprint density at radius 1 is 0.863 bits per heavy atom. The molecule has 0 aliphatic carbocycles. The van der Waals surface area contributed by atoms with Crippen molar-refractivity contribution < 1.29 is 63.2 Å². The first-order valence-corrected chi connectivity index (χ1v) is 18.5. The zero-order chi connectivity index (χ0) is 38.8. The van der Waals surface area contributed by atoms with Crippen LogP contribution in [0, 0.1) is 23.7 Å². The van der Waals surface area contributed by atoms with Gasteiger partial charge in [0.2, 0.25) is 0 Å². The van der Waals surface area contributed by atoms with Crippen molar-refractivity contribution in [2.45, 2.75) is 179 Å². The number of hydrogen-bond donors (Lipinski definition) is 5. The van der Waals surface area contributed by atoms with E-state index in [-0.39, 0.29) is 37.2 Å². The Hall–Kier alpha value is -1.30. The van der Waals surface area contributed by atoms with Crippen LogP contribution in [0.25, 0.3) is 0 Å². The van der Waals surface area contributed by atoms with Gasteiger partial charge in [-0.2, -0.15) is 0 Å². The van der Waals surface area contributed by atoms with Gasteiger partial charge in [-0.25, -0.2) is 0 Å². The van der Waals surface area contributed by atoms with Crippen LogP contribution in [0.15, 0.2) is 0 Å². The van der Waals surface area contributed by atoms with Crippen molar-refractivity contribution in [1.82, 2.24) is 5.32 Å². The van der Waals surface area contributed by atoms with E-state index in [9.17, 15) is 30.0 Å². The first kappa shape index (κ1) is 44.1. The summed E-state index contributed by atoms with van der Waals surface area (Å²) in [6.07, 6.45) is -8.78. The summed E-state index contributed by atoms with van der Waals surface area (Å²) in [7, 11) is 4.75. The van der Waals surface area contributed by atoms with E-state index in [1.165, 1.54) is 21.1 Å². The molecule has 51 heavy (non-hydrogen) atoms. The molecule has 1 unspecified atom stereocenters. The second-order valence-electron chi connectivity index (χ2n) is 16.0. The van der Waals surface area contributed by atoms with Gasteiger partial charge in [0, 0.05) is 44.4 Å². The first-order valence-electron chi connectivity index (χ1n) is 18.5. The van der Waals surface area contributed by atoms with Crippen LogP contribution in [0.2, 0.25) is 0 Å².